The second-order valence-corrected chi connectivity index (χ2v) is 6.38. The third-order valence-corrected chi connectivity index (χ3v) is 4.78. The van der Waals surface area contributed by atoms with E-state index in [0.717, 1.165) is 23.5 Å². The molecule has 7 heteroatoms. The SMILES string of the molecule is CCN(C)C=Nc1cc(Cl)c(Oc2snc(C)c2Cl)cc1C. The van der Waals surface area contributed by atoms with E-state index in [1.807, 2.05) is 31.9 Å². The van der Waals surface area contributed by atoms with Crippen LogP contribution in [0.3, 0.4) is 0 Å². The van der Waals surface area contributed by atoms with Crippen LogP contribution in [0.1, 0.15) is 18.2 Å². The molecular formula is C15H17Cl2N3OS. The van der Waals surface area contributed by atoms with Crippen LogP contribution in [-0.2, 0) is 0 Å². The van der Waals surface area contributed by atoms with Crippen molar-refractivity contribution in [2.75, 3.05) is 13.6 Å². The first-order valence-corrected chi connectivity index (χ1v) is 8.29. The number of hydrogen-bond donors (Lipinski definition) is 0. The van der Waals surface area contributed by atoms with Gasteiger partial charge in [-0.3, -0.25) is 0 Å². The molecule has 0 amide bonds. The fourth-order valence-electron chi connectivity index (χ4n) is 1.61. The summed E-state index contributed by atoms with van der Waals surface area (Å²) < 4.78 is 9.93. The maximum Gasteiger partial charge on any atom is 0.219 e. The number of halogens is 2. The molecule has 22 heavy (non-hydrogen) atoms. The van der Waals surface area contributed by atoms with E-state index in [1.54, 1.807) is 12.4 Å². The van der Waals surface area contributed by atoms with Gasteiger partial charge < -0.3 is 9.64 Å². The summed E-state index contributed by atoms with van der Waals surface area (Å²) in [6.45, 7) is 6.74. The fraction of sp³-hybridized carbons (Fsp3) is 0.333. The van der Waals surface area contributed by atoms with E-state index in [9.17, 15) is 0 Å². The molecular weight excluding hydrogens is 341 g/mol. The van der Waals surface area contributed by atoms with Gasteiger partial charge in [-0.1, -0.05) is 23.2 Å². The molecule has 0 saturated carbocycles. The van der Waals surface area contributed by atoms with Crippen LogP contribution in [0.5, 0.6) is 10.8 Å². The smallest absolute Gasteiger partial charge is 0.219 e. The van der Waals surface area contributed by atoms with Gasteiger partial charge in [0.05, 0.1) is 22.7 Å². The Hall–Kier alpha value is -1.30. The number of hydrogen-bond acceptors (Lipinski definition) is 4. The number of rotatable bonds is 5. The Morgan fingerprint density at radius 3 is 2.68 bits per heavy atom. The lowest BCUT2D eigenvalue weighted by Crippen LogP contribution is -2.14. The van der Waals surface area contributed by atoms with Gasteiger partial charge in [0.2, 0.25) is 5.06 Å². The van der Waals surface area contributed by atoms with Crippen molar-refractivity contribution in [3.05, 3.63) is 33.4 Å². The molecule has 0 unspecified atom stereocenters. The summed E-state index contributed by atoms with van der Waals surface area (Å²) in [5, 5.41) is 1.55. The van der Waals surface area contributed by atoms with Crippen LogP contribution in [0.15, 0.2) is 17.1 Å². The largest absolute Gasteiger partial charge is 0.442 e. The molecule has 0 radical (unpaired) electrons. The van der Waals surface area contributed by atoms with Crippen molar-refractivity contribution < 1.29 is 4.74 Å². The highest BCUT2D eigenvalue weighted by Gasteiger charge is 2.13. The zero-order chi connectivity index (χ0) is 16.3. The first-order chi connectivity index (χ1) is 10.4. The van der Waals surface area contributed by atoms with Crippen LogP contribution >= 0.6 is 34.7 Å². The number of nitrogens with zero attached hydrogens (tertiary/aromatic N) is 3. The van der Waals surface area contributed by atoms with Gasteiger partial charge >= 0.3 is 0 Å². The summed E-state index contributed by atoms with van der Waals surface area (Å²) in [5.74, 6) is 0.549. The maximum absolute atomic E-state index is 6.29. The Kier molecular flexibility index (Phi) is 5.67. The maximum atomic E-state index is 6.29. The average molecular weight is 358 g/mol. The highest BCUT2D eigenvalue weighted by atomic mass is 35.5. The van der Waals surface area contributed by atoms with Gasteiger partial charge in [0, 0.05) is 25.1 Å². The number of benzene rings is 1. The van der Waals surface area contributed by atoms with E-state index >= 15 is 0 Å². The van der Waals surface area contributed by atoms with Gasteiger partial charge in [-0.05, 0) is 38.5 Å². The molecule has 0 fully saturated rings. The lowest BCUT2D eigenvalue weighted by atomic mass is 10.2. The molecule has 0 N–H and O–H groups in total. The Balaban J connectivity index is 2.26. The summed E-state index contributed by atoms with van der Waals surface area (Å²) in [6.07, 6.45) is 1.78. The highest BCUT2D eigenvalue weighted by molar-refractivity contribution is 7.08. The molecule has 118 valence electrons. The molecule has 0 saturated heterocycles. The predicted molar refractivity (Wildman–Crippen MR) is 94.6 cm³/mol. The van der Waals surface area contributed by atoms with Gasteiger partial charge in [0.15, 0.2) is 0 Å². The Morgan fingerprint density at radius 2 is 2.09 bits per heavy atom. The lowest BCUT2D eigenvalue weighted by molar-refractivity contribution is 0.496. The van der Waals surface area contributed by atoms with Crippen LogP contribution in [0.4, 0.5) is 5.69 Å². The molecule has 1 aromatic carbocycles. The topological polar surface area (TPSA) is 37.7 Å². The van der Waals surface area contributed by atoms with Crippen molar-refractivity contribution in [2.24, 2.45) is 4.99 Å². The molecule has 4 nitrogen and oxygen atoms in total. The van der Waals surface area contributed by atoms with Gasteiger partial charge in [0.1, 0.15) is 10.8 Å². The summed E-state index contributed by atoms with van der Waals surface area (Å²) in [5.41, 5.74) is 2.53. The molecule has 0 aliphatic carbocycles. The van der Waals surface area contributed by atoms with E-state index in [1.165, 1.54) is 11.5 Å². The van der Waals surface area contributed by atoms with E-state index in [0.29, 0.717) is 20.9 Å². The fourth-order valence-corrected chi connectivity index (χ4v) is 2.70. The van der Waals surface area contributed by atoms with Gasteiger partial charge in [-0.15, -0.1) is 0 Å². The van der Waals surface area contributed by atoms with E-state index in [4.69, 9.17) is 27.9 Å². The van der Waals surface area contributed by atoms with Crippen molar-refractivity contribution in [3.63, 3.8) is 0 Å². The third kappa shape index (κ3) is 3.91. The normalized spacial score (nSPS) is 11.2. The number of aryl methyl sites for hydroxylation is 2. The van der Waals surface area contributed by atoms with E-state index < -0.39 is 0 Å². The minimum Gasteiger partial charge on any atom is -0.442 e. The Morgan fingerprint density at radius 1 is 1.36 bits per heavy atom. The van der Waals surface area contributed by atoms with Crippen LogP contribution < -0.4 is 4.74 Å². The third-order valence-electron chi connectivity index (χ3n) is 3.11. The molecule has 0 spiro atoms. The van der Waals surface area contributed by atoms with Crippen LogP contribution in [0, 0.1) is 13.8 Å². The molecule has 2 rings (SSSR count). The van der Waals surface area contributed by atoms with Crippen molar-refractivity contribution in [2.45, 2.75) is 20.8 Å². The monoisotopic (exact) mass is 357 g/mol. The van der Waals surface area contributed by atoms with Gasteiger partial charge in [-0.2, -0.15) is 4.37 Å². The zero-order valence-electron chi connectivity index (χ0n) is 12.9. The second kappa shape index (κ2) is 7.31. The summed E-state index contributed by atoms with van der Waals surface area (Å²) in [7, 11) is 1.96. The van der Waals surface area contributed by atoms with Crippen molar-refractivity contribution >= 4 is 46.8 Å². The molecule has 0 bridgehead atoms. The first-order valence-electron chi connectivity index (χ1n) is 6.76. The van der Waals surface area contributed by atoms with Gasteiger partial charge in [-0.25, -0.2) is 4.99 Å². The van der Waals surface area contributed by atoms with Crippen LogP contribution in [0.2, 0.25) is 10.0 Å². The summed E-state index contributed by atoms with van der Waals surface area (Å²) in [4.78, 5) is 6.42. The molecule has 0 aliphatic rings. The predicted octanol–water partition coefficient (Wildman–Crippen LogP) is 5.47. The minimum atomic E-state index is 0.485. The summed E-state index contributed by atoms with van der Waals surface area (Å²) >= 11 is 13.6. The molecule has 0 aliphatic heterocycles. The van der Waals surface area contributed by atoms with Crippen molar-refractivity contribution in [3.8, 4) is 10.8 Å². The molecule has 1 aromatic heterocycles. The minimum absolute atomic E-state index is 0.485. The van der Waals surface area contributed by atoms with Crippen LogP contribution in [-0.4, -0.2) is 29.2 Å². The molecule has 1 heterocycles. The number of ether oxygens (including phenoxy) is 1. The number of aromatic nitrogens is 1. The highest BCUT2D eigenvalue weighted by Crippen LogP contribution is 2.40. The van der Waals surface area contributed by atoms with E-state index in [-0.39, 0.29) is 0 Å². The van der Waals surface area contributed by atoms with Crippen molar-refractivity contribution in [1.29, 1.82) is 0 Å². The average Bonchev–Trinajstić information content (AvgIpc) is 2.80. The van der Waals surface area contributed by atoms with Gasteiger partial charge in [0.25, 0.3) is 0 Å². The second-order valence-electron chi connectivity index (χ2n) is 4.86. The standard InChI is InChI=1S/C15H17Cl2N3OS/c1-5-20(4)8-18-12-7-11(16)13(6-9(12)2)21-15-14(17)10(3)19-22-15/h6-8H,5H2,1-4H3. The Bertz CT molecular complexity index is 700. The van der Waals surface area contributed by atoms with E-state index in [2.05, 4.69) is 16.3 Å². The lowest BCUT2D eigenvalue weighted by Gasteiger charge is -2.11. The Labute approximate surface area is 144 Å². The number of aliphatic imine (C=N–C) groups is 1. The molecule has 0 atom stereocenters. The van der Waals surface area contributed by atoms with Crippen molar-refractivity contribution in [1.82, 2.24) is 9.27 Å². The quantitative estimate of drug-likeness (QED) is 0.525. The first kappa shape index (κ1) is 17.1. The van der Waals surface area contributed by atoms with Crippen LogP contribution in [0.25, 0.3) is 0 Å². The molecule has 2 aromatic rings. The zero-order valence-corrected chi connectivity index (χ0v) is 15.2. The summed E-state index contributed by atoms with van der Waals surface area (Å²) in [6, 6.07) is 3.64.